The smallest absolute Gasteiger partial charge is 0.434 e. The van der Waals surface area contributed by atoms with Crippen LogP contribution < -0.4 is 20.3 Å². The number of aromatic nitrogens is 2. The van der Waals surface area contributed by atoms with Crippen LogP contribution in [0.4, 0.5) is 0 Å². The maximum absolute atomic E-state index is 10.1. The third-order valence-corrected chi connectivity index (χ3v) is 10.6. The first-order valence-electron chi connectivity index (χ1n) is 32.8. The Kier molecular flexibility index (Phi) is 2.82. The van der Waals surface area contributed by atoms with E-state index in [0.717, 1.165) is 15.0 Å². The molecule has 9 aromatic carbocycles. The number of hydrogen-bond donors (Lipinski definition) is 0. The van der Waals surface area contributed by atoms with Crippen molar-refractivity contribution < 1.29 is 50.5 Å². The van der Waals surface area contributed by atoms with Gasteiger partial charge in [-0.1, -0.05) is 115 Å². The molecular weight excluding hydrogens is 719 g/mol. The van der Waals surface area contributed by atoms with Crippen molar-refractivity contribution in [2.45, 2.75) is 0 Å². The molecule has 0 radical (unpaired) electrons. The molecule has 0 amide bonds. The molecule has 12 aromatic rings. The third kappa shape index (κ3) is 4.23. The Bertz CT molecular complexity index is 5330. The summed E-state index contributed by atoms with van der Waals surface area (Å²) in [6.45, 7) is -1.85. The molecule has 5 heteroatoms. The molecule has 2 aliphatic rings. The van der Waals surface area contributed by atoms with E-state index in [4.69, 9.17) is 35.4 Å². The predicted molar refractivity (Wildman–Crippen MR) is 244 cm³/mol. The number of nitrogens with zero attached hydrogens (tertiary/aromatic N) is 2. The van der Waals surface area contributed by atoms with Crippen LogP contribution in [-0.4, -0.2) is 15.9 Å². The highest BCUT2D eigenvalue weighted by Gasteiger charge is 2.41. The van der Waals surface area contributed by atoms with Crippen LogP contribution in [0, 0.1) is 0 Å². The van der Waals surface area contributed by atoms with Crippen LogP contribution in [0.15, 0.2) is 187 Å². The normalized spacial score (nSPS) is 20.1. The average Bonchev–Trinajstić information content (AvgIpc) is 1.68. The first-order valence-corrected chi connectivity index (χ1v) is 17.8. The van der Waals surface area contributed by atoms with Crippen molar-refractivity contribution in [3.05, 3.63) is 187 Å². The Morgan fingerprint density at radius 2 is 1.03 bits per heavy atom. The highest BCUT2D eigenvalue weighted by Crippen LogP contribution is 2.45. The van der Waals surface area contributed by atoms with Crippen LogP contribution in [0.2, 0.25) is 0 Å². The summed E-state index contributed by atoms with van der Waals surface area (Å²) in [5.41, 5.74) is -7.27. The first-order chi connectivity index (χ1) is 41.8. The maximum Gasteiger partial charge on any atom is 0.434 e. The van der Waals surface area contributed by atoms with Crippen LogP contribution >= 0.6 is 0 Å². The number of benzene rings is 9. The van der Waals surface area contributed by atoms with Crippen LogP contribution in [0.5, 0.6) is 17.2 Å². The van der Waals surface area contributed by atoms with Crippen molar-refractivity contribution in [2.24, 2.45) is 0 Å². The number of hydrogen-bond acceptors (Lipinski definition) is 2. The van der Waals surface area contributed by atoms with Gasteiger partial charge in [0.05, 0.1) is 68.7 Å². The largest absolute Gasteiger partial charge is 0.551 e. The van der Waals surface area contributed by atoms with Gasteiger partial charge in [0.2, 0.25) is 0 Å². The molecule has 14 rings (SSSR count). The first kappa shape index (κ1) is 14.6. The van der Waals surface area contributed by atoms with E-state index >= 15 is 0 Å². The van der Waals surface area contributed by atoms with Crippen molar-refractivity contribution in [3.8, 4) is 56.3 Å². The fraction of sp³-hybridized carbons (Fsp3) is 0. The number of rotatable bonds is 3. The lowest BCUT2D eigenvalue weighted by molar-refractivity contribution is 0.480. The Labute approximate surface area is 381 Å². The zero-order chi connectivity index (χ0) is 64.5. The summed E-state index contributed by atoms with van der Waals surface area (Å²) in [6, 6.07) is -23.6. The maximum atomic E-state index is 10.1. The minimum absolute atomic E-state index is 0.163. The van der Waals surface area contributed by atoms with Crippen LogP contribution in [0.3, 0.4) is 0 Å². The summed E-state index contributed by atoms with van der Waals surface area (Å²) in [5.74, 6) is -1.82. The van der Waals surface area contributed by atoms with Crippen LogP contribution in [0.25, 0.3) is 99.0 Å². The average molecular weight is 781 g/mol. The molecule has 0 aliphatic carbocycles. The third-order valence-electron chi connectivity index (χ3n) is 10.6. The van der Waals surface area contributed by atoms with Crippen molar-refractivity contribution in [3.63, 3.8) is 0 Å². The highest BCUT2D eigenvalue weighted by atomic mass is 16.5. The van der Waals surface area contributed by atoms with E-state index in [1.54, 1.807) is 0 Å². The second kappa shape index (κ2) is 11.4. The molecule has 0 spiro atoms. The zero-order valence-electron chi connectivity index (χ0n) is 59.4. The van der Waals surface area contributed by atoms with Gasteiger partial charge in [0.1, 0.15) is 17.2 Å². The van der Waals surface area contributed by atoms with Gasteiger partial charge in [-0.05, 0) is 100 Å². The highest BCUT2D eigenvalue weighted by molar-refractivity contribution is 6.84. The van der Waals surface area contributed by atoms with Gasteiger partial charge >= 0.3 is 6.92 Å². The zero-order valence-corrected chi connectivity index (χ0v) is 29.4. The fourth-order valence-electron chi connectivity index (χ4n) is 8.19. The standard InChI is InChI=1S/C54H31BN2O2/c1-6-19-46-37(14-1)38-15-2-7-20-47(38)56(46)36-13-11-12-32(26-36)35-27-42-41-18-5-10-23-50(41)59-55-45-25-24-33(30-51(45)58-52(31-35)53(42)55)34-28-43-39-16-3-8-21-48(39)57-49-22-9-4-17-40(49)44(29-34)54(43)57/h1-31H/i1D,2D,3D,4D,5D,6D,7D,8D,9D,10D,11D,12D,13D,14D,15D,16D,17D,18D,19D,20D,21D,22D,23D,24D,25D,26D,27D,28D,29D,31D. The molecule has 0 fully saturated rings. The van der Waals surface area contributed by atoms with Crippen molar-refractivity contribution in [1.29, 1.82) is 0 Å². The molecule has 0 saturated carbocycles. The summed E-state index contributed by atoms with van der Waals surface area (Å²) in [6.07, 6.45) is 0. The van der Waals surface area contributed by atoms with E-state index in [1.165, 1.54) is 0 Å². The van der Waals surface area contributed by atoms with Gasteiger partial charge < -0.3 is 18.4 Å². The lowest BCUT2D eigenvalue weighted by atomic mass is 9.50. The molecule has 2 aliphatic heterocycles. The van der Waals surface area contributed by atoms with E-state index in [-0.39, 0.29) is 49.0 Å². The lowest BCUT2D eigenvalue weighted by Gasteiger charge is -2.33. The topological polar surface area (TPSA) is 27.8 Å². The molecule has 0 N–H and O–H groups in total. The van der Waals surface area contributed by atoms with Crippen LogP contribution in [0.1, 0.15) is 41.1 Å². The monoisotopic (exact) mass is 780 g/mol. The SMILES string of the molecule is [2H]c1c(-c2c([2H])c3c4c([2H])c([2H])c([2H])c([2H])c4n4c5c([2H])c([2H])c([2H])c([2H])c5c(c2[2H])c34)cc2c(c1[2H])B1Oc3c([2H])c([2H])c([2H])c([2H])c3-c3c([2H])c(-c4c([2H])c([2H])c([2H])c(-n5c6c([2H])c([2H])c([2H])c([2H])c6c6c([2H])c([2H])c([2H])c([2H])c65)c4[2H])c([2H])c(c31)O2. The van der Waals surface area contributed by atoms with E-state index in [0.29, 0.717) is 0 Å². The molecule has 0 atom stereocenters. The summed E-state index contributed by atoms with van der Waals surface area (Å²) < 4.78 is 289. The Balaban J connectivity index is 1.10. The van der Waals surface area contributed by atoms with Gasteiger partial charge in [0, 0.05) is 54.5 Å². The molecular formula is C54H31BN2O2. The summed E-state index contributed by atoms with van der Waals surface area (Å²) in [7, 11) is 0. The number of fused-ring (bicyclic) bond motifs is 13. The van der Waals surface area contributed by atoms with Crippen LogP contribution in [-0.2, 0) is 0 Å². The van der Waals surface area contributed by atoms with Crippen molar-refractivity contribution in [2.75, 3.05) is 0 Å². The Hall–Kier alpha value is -7.76. The Morgan fingerprint density at radius 1 is 0.424 bits per heavy atom. The van der Waals surface area contributed by atoms with Gasteiger partial charge in [0.25, 0.3) is 0 Å². The van der Waals surface area contributed by atoms with Gasteiger partial charge in [-0.2, -0.15) is 0 Å². The van der Waals surface area contributed by atoms with Gasteiger partial charge in [0.15, 0.2) is 0 Å². The fourth-order valence-corrected chi connectivity index (χ4v) is 8.19. The molecule has 3 aromatic heterocycles. The number of para-hydroxylation sites is 5. The van der Waals surface area contributed by atoms with E-state index in [2.05, 4.69) is 0 Å². The van der Waals surface area contributed by atoms with E-state index in [9.17, 15) is 15.1 Å². The predicted octanol–water partition coefficient (Wildman–Crippen LogP) is 12.5. The molecule has 0 bridgehead atoms. The quantitative estimate of drug-likeness (QED) is 0.167. The van der Waals surface area contributed by atoms with Crippen molar-refractivity contribution >= 4 is 77.7 Å². The molecule has 4 nitrogen and oxygen atoms in total. The molecule has 0 unspecified atom stereocenters. The lowest BCUT2D eigenvalue weighted by Crippen LogP contribution is -2.53. The molecule has 272 valence electrons. The summed E-state index contributed by atoms with van der Waals surface area (Å²) >= 11 is 0. The second-order valence-electron chi connectivity index (χ2n) is 13.6. The van der Waals surface area contributed by atoms with E-state index in [1.807, 2.05) is 0 Å². The van der Waals surface area contributed by atoms with Gasteiger partial charge in [-0.3, -0.25) is 0 Å². The molecule has 0 saturated heterocycles. The molecule has 5 heterocycles. The minimum Gasteiger partial charge on any atom is -0.551 e. The Morgan fingerprint density at radius 3 is 1.75 bits per heavy atom. The minimum atomic E-state index is -1.85. The summed E-state index contributed by atoms with van der Waals surface area (Å²) in [4.78, 5) is 0. The summed E-state index contributed by atoms with van der Waals surface area (Å²) in [5, 5.41) is -2.13. The number of ether oxygens (including phenoxy) is 1. The van der Waals surface area contributed by atoms with Gasteiger partial charge in [-0.25, -0.2) is 0 Å². The molecule has 59 heavy (non-hydrogen) atoms. The van der Waals surface area contributed by atoms with Gasteiger partial charge in [-0.15, -0.1) is 0 Å². The van der Waals surface area contributed by atoms with Crippen molar-refractivity contribution in [1.82, 2.24) is 8.97 Å². The second-order valence-corrected chi connectivity index (χ2v) is 13.6. The van der Waals surface area contributed by atoms with E-state index < -0.39 is 266 Å².